The third kappa shape index (κ3) is 7.77. The first kappa shape index (κ1) is 32.8. The van der Waals surface area contributed by atoms with E-state index in [0.717, 1.165) is 16.8 Å². The molecule has 3 heterocycles. The van der Waals surface area contributed by atoms with Gasteiger partial charge in [-0.1, -0.05) is 0 Å². The predicted octanol–water partition coefficient (Wildman–Crippen LogP) is -2.73. The number of H-pyrrole nitrogens is 1. The van der Waals surface area contributed by atoms with E-state index < -0.39 is 89.1 Å². The first-order valence-electron chi connectivity index (χ1n) is 11.5. The van der Waals surface area contributed by atoms with Gasteiger partial charge in [0.15, 0.2) is 12.5 Å². The first-order valence-corrected chi connectivity index (χ1v) is 14.4. The number of hydrogen-bond acceptors (Lipinski definition) is 18. The smallest absolute Gasteiger partial charge is 0.394 e. The van der Waals surface area contributed by atoms with E-state index in [9.17, 15) is 43.9 Å². The normalized spacial score (nSPS) is 33.8. The van der Waals surface area contributed by atoms with Crippen LogP contribution in [-0.2, 0) is 46.0 Å². The van der Waals surface area contributed by atoms with Crippen LogP contribution in [-0.4, -0.2) is 85.8 Å². The highest BCUT2D eigenvalue weighted by Gasteiger charge is 2.49. The first-order chi connectivity index (χ1) is 18.7. The van der Waals surface area contributed by atoms with Crippen LogP contribution < -0.4 is 23.0 Å². The molecular formula is C18H30N4O16P2. The summed E-state index contributed by atoms with van der Waals surface area (Å²) < 4.78 is 60.8. The van der Waals surface area contributed by atoms with Crippen molar-refractivity contribution in [3.63, 3.8) is 0 Å². The van der Waals surface area contributed by atoms with E-state index in [4.69, 9.17) is 34.6 Å². The number of nitrogens with zero attached hydrogens (tertiary/aromatic N) is 1. The summed E-state index contributed by atoms with van der Waals surface area (Å²) in [6, 6.07) is 0.961. The van der Waals surface area contributed by atoms with Gasteiger partial charge in [-0.2, -0.15) is 4.31 Å². The molecule has 1 aromatic rings. The number of carbonyl (C=O) groups is 1. The van der Waals surface area contributed by atoms with E-state index in [-0.39, 0.29) is 18.6 Å². The molecule has 20 nitrogen and oxygen atoms in total. The zero-order valence-corrected chi connectivity index (χ0v) is 22.6. The van der Waals surface area contributed by atoms with Crippen molar-refractivity contribution in [3.05, 3.63) is 33.1 Å². The number of hydrogen-bond donors (Lipinski definition) is 7. The summed E-state index contributed by atoms with van der Waals surface area (Å²) >= 11 is 0. The van der Waals surface area contributed by atoms with Crippen molar-refractivity contribution in [3.8, 4) is 0 Å². The van der Waals surface area contributed by atoms with Gasteiger partial charge in [-0.3, -0.25) is 23.4 Å². The van der Waals surface area contributed by atoms with Gasteiger partial charge in [-0.25, -0.2) is 35.0 Å². The van der Waals surface area contributed by atoms with E-state index in [2.05, 4.69) is 9.25 Å². The second kappa shape index (κ2) is 13.5. The minimum Gasteiger partial charge on any atom is -0.394 e. The van der Waals surface area contributed by atoms with Gasteiger partial charge in [0, 0.05) is 24.6 Å². The maximum Gasteiger partial charge on any atom is 0.502 e. The van der Waals surface area contributed by atoms with E-state index in [1.165, 1.54) is 6.92 Å². The number of Topliss-reactive ketones (excluding diaryl/α,β-unsaturated/α-hetero) is 1. The second-order valence-electron chi connectivity index (χ2n) is 8.85. The number of rotatable bonds is 13. The predicted molar refractivity (Wildman–Crippen MR) is 126 cm³/mol. The molecule has 2 saturated heterocycles. The molecule has 2 aliphatic rings. The monoisotopic (exact) mass is 620 g/mol. The summed E-state index contributed by atoms with van der Waals surface area (Å²) in [7, 11) is -10.3. The Morgan fingerprint density at radius 3 is 2.38 bits per heavy atom. The summed E-state index contributed by atoms with van der Waals surface area (Å²) in [6.07, 6.45) is -9.90. The van der Waals surface area contributed by atoms with Crippen LogP contribution in [0.2, 0.25) is 0 Å². The molecule has 228 valence electrons. The number of phosphoric acid groups is 2. The van der Waals surface area contributed by atoms with Crippen molar-refractivity contribution in [1.29, 1.82) is 0 Å². The summed E-state index contributed by atoms with van der Waals surface area (Å²) in [4.78, 5) is 36.9. The molecule has 0 radical (unpaired) electrons. The Morgan fingerprint density at radius 1 is 1.12 bits per heavy atom. The van der Waals surface area contributed by atoms with Crippen molar-refractivity contribution in [1.82, 2.24) is 9.55 Å². The van der Waals surface area contributed by atoms with Gasteiger partial charge in [0.1, 0.15) is 30.2 Å². The maximum absolute atomic E-state index is 13.1. The summed E-state index contributed by atoms with van der Waals surface area (Å²) in [5, 5.41) is 40.1. The SMILES string of the molecule is CC(=O)CC1CC(O)C(CO)OC1OP(=O)(ON)OP(=O)(ON)OCC1OC(n2ccc(=O)[nH]c2=O)C(O)C1O. The van der Waals surface area contributed by atoms with Crippen molar-refractivity contribution in [2.24, 2.45) is 17.7 Å². The van der Waals surface area contributed by atoms with Gasteiger partial charge >= 0.3 is 21.3 Å². The molecule has 0 spiro atoms. The molecule has 9 N–H and O–H groups in total. The van der Waals surface area contributed by atoms with Crippen LogP contribution in [0, 0.1) is 5.92 Å². The quantitative estimate of drug-likeness (QED) is 0.0869. The molecule has 10 atom stereocenters. The van der Waals surface area contributed by atoms with Crippen LogP contribution in [0.15, 0.2) is 21.9 Å². The fourth-order valence-electron chi connectivity index (χ4n) is 4.05. The minimum absolute atomic E-state index is 0.139. The van der Waals surface area contributed by atoms with Gasteiger partial charge < -0.3 is 34.7 Å². The van der Waals surface area contributed by atoms with E-state index in [0.29, 0.717) is 0 Å². The average molecular weight is 620 g/mol. The molecule has 0 aromatic carbocycles. The van der Waals surface area contributed by atoms with Crippen LogP contribution in [0.25, 0.3) is 0 Å². The Bertz CT molecular complexity index is 1240. The lowest BCUT2D eigenvalue weighted by molar-refractivity contribution is -0.229. The van der Waals surface area contributed by atoms with Crippen molar-refractivity contribution >= 4 is 21.4 Å². The molecule has 0 amide bonds. The second-order valence-corrected chi connectivity index (χ2v) is 12.2. The fraction of sp³-hybridized carbons (Fsp3) is 0.722. The highest BCUT2D eigenvalue weighted by atomic mass is 31.3. The molecule has 0 bridgehead atoms. The van der Waals surface area contributed by atoms with Gasteiger partial charge in [0.25, 0.3) is 5.56 Å². The average Bonchev–Trinajstić information content (AvgIpc) is 3.17. The lowest BCUT2D eigenvalue weighted by atomic mass is 9.90. The number of aromatic nitrogens is 2. The van der Waals surface area contributed by atoms with Gasteiger partial charge in [0.05, 0.1) is 19.3 Å². The Balaban J connectivity index is 1.71. The Labute approximate surface area is 224 Å². The fourth-order valence-corrected chi connectivity index (χ4v) is 6.59. The molecule has 0 saturated carbocycles. The molecule has 10 unspecified atom stereocenters. The van der Waals surface area contributed by atoms with Crippen LogP contribution >= 0.6 is 15.6 Å². The third-order valence-corrected chi connectivity index (χ3v) is 9.00. The lowest BCUT2D eigenvalue weighted by Crippen LogP contribution is -2.47. The number of nitrogens with one attached hydrogen (secondary N) is 1. The summed E-state index contributed by atoms with van der Waals surface area (Å²) in [5.41, 5.74) is -1.69. The third-order valence-electron chi connectivity index (χ3n) is 5.95. The van der Waals surface area contributed by atoms with Crippen LogP contribution in [0.4, 0.5) is 0 Å². The molecule has 40 heavy (non-hydrogen) atoms. The highest BCUT2D eigenvalue weighted by molar-refractivity contribution is 7.62. The number of aliphatic hydroxyl groups excluding tert-OH is 4. The summed E-state index contributed by atoms with van der Waals surface area (Å²) in [5.74, 6) is 8.73. The van der Waals surface area contributed by atoms with Crippen molar-refractivity contribution < 1.29 is 66.4 Å². The topological polar surface area (TPSA) is 304 Å². The number of aliphatic hydroxyl groups is 4. The molecule has 22 heteroatoms. The maximum atomic E-state index is 13.1. The molecule has 3 rings (SSSR count). The van der Waals surface area contributed by atoms with Crippen LogP contribution in [0.3, 0.4) is 0 Å². The van der Waals surface area contributed by atoms with Crippen molar-refractivity contribution in [2.45, 2.75) is 62.8 Å². The number of ketones is 1. The molecule has 2 fully saturated rings. The van der Waals surface area contributed by atoms with Crippen LogP contribution in [0.5, 0.6) is 0 Å². The van der Waals surface area contributed by atoms with Gasteiger partial charge in [-0.15, -0.1) is 0 Å². The number of aromatic amines is 1. The van der Waals surface area contributed by atoms with E-state index >= 15 is 0 Å². The largest absolute Gasteiger partial charge is 0.502 e. The van der Waals surface area contributed by atoms with E-state index in [1.807, 2.05) is 4.98 Å². The zero-order valence-electron chi connectivity index (χ0n) is 20.8. The van der Waals surface area contributed by atoms with Gasteiger partial charge in [-0.05, 0) is 13.3 Å². The number of ether oxygens (including phenoxy) is 2. The minimum atomic E-state index is -5.15. The number of carbonyl (C=O) groups excluding carboxylic acids is 1. The Kier molecular flexibility index (Phi) is 11.1. The van der Waals surface area contributed by atoms with Gasteiger partial charge in [0.2, 0.25) is 0 Å². The molecular weight excluding hydrogens is 590 g/mol. The Morgan fingerprint density at radius 2 is 1.80 bits per heavy atom. The highest BCUT2D eigenvalue weighted by Crippen LogP contribution is 2.65. The van der Waals surface area contributed by atoms with E-state index in [1.54, 1.807) is 0 Å². The van der Waals surface area contributed by atoms with Crippen molar-refractivity contribution in [2.75, 3.05) is 13.2 Å². The lowest BCUT2D eigenvalue weighted by Gasteiger charge is -2.38. The zero-order chi connectivity index (χ0) is 29.8. The number of nitrogens with two attached hydrogens (primary N) is 2. The molecule has 2 aliphatic heterocycles. The molecule has 0 aliphatic carbocycles. The standard InChI is InChI=1S/C18H30N4O16P2/c1-8(24)4-9-5-10(25)11(6-23)34-17(9)35-40(31,37-20)38-39(30,36-19)32-7-12-14(27)15(28)16(33-12)22-3-2-13(26)21-18(22)29/h2-3,9-12,14-17,23,25,27-28H,4-7,19-20H2,1H3,(H,21,26,29). The summed E-state index contributed by atoms with van der Waals surface area (Å²) in [6.45, 7) is -0.356. The Hall–Kier alpha value is -1.71. The van der Waals surface area contributed by atoms with Crippen LogP contribution in [0.1, 0.15) is 26.0 Å². The molecule has 1 aromatic heterocycles.